The van der Waals surface area contributed by atoms with Gasteiger partial charge in [0.05, 0.1) is 12.1 Å². The van der Waals surface area contributed by atoms with E-state index in [0.29, 0.717) is 13.0 Å². The average Bonchev–Trinajstić information content (AvgIpc) is 2.92. The molecule has 1 amide bonds. The summed E-state index contributed by atoms with van der Waals surface area (Å²) >= 11 is 0. The second-order valence-electron chi connectivity index (χ2n) is 6.24. The molecule has 0 unspecified atom stereocenters. The molecule has 12 nitrogen and oxygen atoms in total. The van der Waals surface area contributed by atoms with Crippen LogP contribution in [0.5, 0.6) is 0 Å². The Labute approximate surface area is 137 Å². The number of amides is 1. The fraction of sp³-hybridized carbons (Fsp3) is 0.750. The third kappa shape index (κ3) is 2.14. The van der Waals surface area contributed by atoms with Crippen LogP contribution in [0.15, 0.2) is 0 Å². The molecular formula is C12H22N8O4. The number of rotatable bonds is 4. The smallest absolute Gasteiger partial charge is 0.404 e. The van der Waals surface area contributed by atoms with E-state index in [2.05, 4.69) is 16.0 Å². The first-order valence-electron chi connectivity index (χ1n) is 7.57. The predicted octanol–water partition coefficient (Wildman–Crippen LogP) is -3.72. The largest absolute Gasteiger partial charge is 0.447 e. The van der Waals surface area contributed by atoms with Crippen molar-refractivity contribution >= 4 is 18.0 Å². The van der Waals surface area contributed by atoms with E-state index in [-0.39, 0.29) is 24.9 Å². The summed E-state index contributed by atoms with van der Waals surface area (Å²) in [7, 11) is 0. The highest BCUT2D eigenvalue weighted by molar-refractivity contribution is 5.87. The molecule has 0 aromatic rings. The minimum Gasteiger partial charge on any atom is -0.447 e. The number of hydrogen-bond acceptors (Lipinski definition) is 7. The molecule has 3 heterocycles. The number of guanidine groups is 2. The molecule has 1 spiro atoms. The maximum Gasteiger partial charge on any atom is 0.404 e. The van der Waals surface area contributed by atoms with E-state index in [4.69, 9.17) is 27.0 Å². The molecule has 3 rings (SSSR count). The van der Waals surface area contributed by atoms with Crippen molar-refractivity contribution in [3.8, 4) is 0 Å². The number of hydrogen-bond donors (Lipinski definition) is 9. The van der Waals surface area contributed by atoms with Gasteiger partial charge < -0.3 is 47.3 Å². The average molecular weight is 342 g/mol. The maximum atomic E-state index is 10.9. The van der Waals surface area contributed by atoms with Crippen molar-refractivity contribution < 1.29 is 19.7 Å². The number of ether oxygens (including phenoxy) is 1. The van der Waals surface area contributed by atoms with E-state index in [9.17, 15) is 15.0 Å². The van der Waals surface area contributed by atoms with Gasteiger partial charge in [0.15, 0.2) is 17.6 Å². The second-order valence-corrected chi connectivity index (χ2v) is 6.24. The summed E-state index contributed by atoms with van der Waals surface area (Å²) in [6.07, 6.45) is -0.581. The lowest BCUT2D eigenvalue weighted by Gasteiger charge is -2.52. The van der Waals surface area contributed by atoms with Crippen LogP contribution in [0.4, 0.5) is 4.79 Å². The fourth-order valence-corrected chi connectivity index (χ4v) is 3.99. The zero-order chi connectivity index (χ0) is 17.7. The van der Waals surface area contributed by atoms with Crippen molar-refractivity contribution in [2.45, 2.75) is 42.4 Å². The predicted molar refractivity (Wildman–Crippen MR) is 81.8 cm³/mol. The van der Waals surface area contributed by atoms with Gasteiger partial charge >= 0.3 is 6.09 Å². The monoisotopic (exact) mass is 342 g/mol. The van der Waals surface area contributed by atoms with Crippen molar-refractivity contribution in [1.82, 2.24) is 20.9 Å². The van der Waals surface area contributed by atoms with Crippen LogP contribution in [0.1, 0.15) is 12.8 Å². The van der Waals surface area contributed by atoms with Crippen LogP contribution in [0, 0.1) is 10.8 Å². The highest BCUT2D eigenvalue weighted by Gasteiger charge is 2.72. The zero-order valence-electron chi connectivity index (χ0n) is 12.9. The Bertz CT molecular complexity index is 583. The van der Waals surface area contributed by atoms with E-state index in [0.717, 1.165) is 0 Å². The van der Waals surface area contributed by atoms with Crippen molar-refractivity contribution in [1.29, 1.82) is 10.8 Å². The van der Waals surface area contributed by atoms with Gasteiger partial charge in [0, 0.05) is 12.5 Å². The molecule has 11 N–H and O–H groups in total. The molecule has 0 aromatic heterocycles. The van der Waals surface area contributed by atoms with E-state index in [1.165, 1.54) is 4.90 Å². The van der Waals surface area contributed by atoms with Crippen LogP contribution < -0.4 is 27.4 Å². The summed E-state index contributed by atoms with van der Waals surface area (Å²) in [6.45, 7) is 0.113. The van der Waals surface area contributed by atoms with Gasteiger partial charge in [-0.05, 0) is 13.0 Å². The van der Waals surface area contributed by atoms with Crippen molar-refractivity contribution in [2.24, 2.45) is 11.5 Å². The van der Waals surface area contributed by atoms with Crippen LogP contribution in [0.3, 0.4) is 0 Å². The second kappa shape index (κ2) is 5.36. The zero-order valence-corrected chi connectivity index (χ0v) is 12.9. The molecule has 4 atom stereocenters. The van der Waals surface area contributed by atoms with E-state index in [1.807, 2.05) is 0 Å². The number of nitrogens with one attached hydrogen (secondary N) is 5. The summed E-state index contributed by atoms with van der Waals surface area (Å²) in [5.74, 6) is -2.42. The Morgan fingerprint density at radius 2 is 2.12 bits per heavy atom. The molecular weight excluding hydrogens is 320 g/mol. The number of nitrogens with zero attached hydrogens (tertiary/aromatic N) is 1. The lowest BCUT2D eigenvalue weighted by atomic mass is 9.86. The number of nitrogens with two attached hydrogens (primary N) is 2. The van der Waals surface area contributed by atoms with Crippen LogP contribution in [0.2, 0.25) is 0 Å². The number of aliphatic hydroxyl groups is 2. The third-order valence-electron chi connectivity index (χ3n) is 4.81. The SMILES string of the molecule is N=C1N[C@H]2[C@H](COC(N)=O)NC(=N)N3[C@@H](CCN)CC(O)(O)[C@]23N1. The van der Waals surface area contributed by atoms with Gasteiger partial charge in [-0.25, -0.2) is 4.79 Å². The Kier molecular flexibility index (Phi) is 3.69. The molecule has 134 valence electrons. The minimum absolute atomic E-state index is 0.0455. The molecule has 0 saturated carbocycles. The van der Waals surface area contributed by atoms with E-state index in [1.54, 1.807) is 0 Å². The van der Waals surface area contributed by atoms with Crippen LogP contribution >= 0.6 is 0 Å². The summed E-state index contributed by atoms with van der Waals surface area (Å²) in [4.78, 5) is 12.4. The molecule has 3 aliphatic rings. The molecule has 24 heavy (non-hydrogen) atoms. The third-order valence-corrected chi connectivity index (χ3v) is 4.81. The molecule has 12 heteroatoms. The first-order valence-corrected chi connectivity index (χ1v) is 7.57. The van der Waals surface area contributed by atoms with Gasteiger partial charge in [-0.1, -0.05) is 0 Å². The Hall–Kier alpha value is -2.31. The minimum atomic E-state index is -2.23. The van der Waals surface area contributed by atoms with Gasteiger partial charge in [-0.3, -0.25) is 10.8 Å². The number of carbonyl (C=O) groups is 1. The highest BCUT2D eigenvalue weighted by atomic mass is 16.5. The van der Waals surface area contributed by atoms with Gasteiger partial charge in [-0.15, -0.1) is 0 Å². The van der Waals surface area contributed by atoms with Crippen LogP contribution in [-0.2, 0) is 4.74 Å². The first-order chi connectivity index (χ1) is 11.2. The summed E-state index contributed by atoms with van der Waals surface area (Å²) in [5, 5.41) is 46.0. The summed E-state index contributed by atoms with van der Waals surface area (Å²) < 4.78 is 4.80. The van der Waals surface area contributed by atoms with E-state index < -0.39 is 35.7 Å². The summed E-state index contributed by atoms with van der Waals surface area (Å²) in [5.41, 5.74) is 9.05. The van der Waals surface area contributed by atoms with Gasteiger partial charge in [0.2, 0.25) is 5.79 Å². The quantitative estimate of drug-likeness (QED) is 0.230. The molecule has 3 saturated heterocycles. The highest BCUT2D eigenvalue weighted by Crippen LogP contribution is 2.46. The number of primary amides is 1. The molecule has 3 aliphatic heterocycles. The standard InChI is InChI=1S/C12H22N8O4/c13-2-1-5-3-11(22,23)12-7(18-8(14)19-12)6(4-24-10(16)21)17-9(15)20(5)12/h5-7,22-23H,1-4,13H2,(H2,15,17)(H2,16,21)(H3,14,18,19)/t5-,6-,7-,12-/m0/s1. The van der Waals surface area contributed by atoms with Gasteiger partial charge in [0.1, 0.15) is 6.61 Å². The molecule has 0 bridgehead atoms. The Balaban J connectivity index is 2.00. The first kappa shape index (κ1) is 16.5. The van der Waals surface area contributed by atoms with Crippen molar-refractivity contribution in [2.75, 3.05) is 13.2 Å². The van der Waals surface area contributed by atoms with Crippen LogP contribution in [-0.4, -0.2) is 75.9 Å². The topological polar surface area (TPSA) is 206 Å². The molecule has 3 fully saturated rings. The summed E-state index contributed by atoms with van der Waals surface area (Å²) in [6, 6.07) is -1.84. The van der Waals surface area contributed by atoms with Crippen molar-refractivity contribution in [3.05, 3.63) is 0 Å². The Morgan fingerprint density at radius 1 is 1.42 bits per heavy atom. The van der Waals surface area contributed by atoms with Gasteiger partial charge in [-0.2, -0.15) is 0 Å². The van der Waals surface area contributed by atoms with Crippen LogP contribution in [0.25, 0.3) is 0 Å². The molecule has 0 radical (unpaired) electrons. The van der Waals surface area contributed by atoms with E-state index >= 15 is 0 Å². The molecule has 0 aliphatic carbocycles. The lowest BCUT2D eigenvalue weighted by molar-refractivity contribution is -0.223. The number of carbonyl (C=O) groups excluding carboxylic acids is 1. The fourth-order valence-electron chi connectivity index (χ4n) is 3.99. The maximum absolute atomic E-state index is 10.9. The Morgan fingerprint density at radius 3 is 2.75 bits per heavy atom. The lowest BCUT2D eigenvalue weighted by Crippen LogP contribution is -2.80. The normalized spacial score (nSPS) is 36.3. The van der Waals surface area contributed by atoms with Crippen molar-refractivity contribution in [3.63, 3.8) is 0 Å². The van der Waals surface area contributed by atoms with Gasteiger partial charge in [0.25, 0.3) is 0 Å². The molecule has 0 aromatic carbocycles.